The Kier molecular flexibility index (Phi) is 4.44. The Bertz CT molecular complexity index is 385. The first-order valence-corrected chi connectivity index (χ1v) is 5.30. The molecule has 0 aliphatic heterocycles. The van der Waals surface area contributed by atoms with Crippen LogP contribution in [0.5, 0.6) is 11.5 Å². The van der Waals surface area contributed by atoms with E-state index in [4.69, 9.17) is 14.7 Å². The fourth-order valence-corrected chi connectivity index (χ4v) is 2.05. The van der Waals surface area contributed by atoms with Crippen molar-refractivity contribution in [1.29, 1.82) is 5.26 Å². The summed E-state index contributed by atoms with van der Waals surface area (Å²) in [5.74, 6) is 1.47. The second-order valence-corrected chi connectivity index (χ2v) is 3.73. The van der Waals surface area contributed by atoms with Gasteiger partial charge in [-0.2, -0.15) is 5.26 Å². The van der Waals surface area contributed by atoms with Gasteiger partial charge in [0, 0.05) is 6.42 Å². The molecule has 0 bridgehead atoms. The molecular formula is C11H12BrNO2. The maximum Gasteiger partial charge on any atom is 0.140 e. The van der Waals surface area contributed by atoms with Crippen LogP contribution in [-0.4, -0.2) is 14.2 Å². The SMILES string of the molecule is COc1ccc(CCC#N)c(OC)c1Br. The summed E-state index contributed by atoms with van der Waals surface area (Å²) < 4.78 is 11.2. The van der Waals surface area contributed by atoms with Gasteiger partial charge in [0.25, 0.3) is 0 Å². The predicted molar refractivity (Wildman–Crippen MR) is 61.2 cm³/mol. The van der Waals surface area contributed by atoms with E-state index in [-0.39, 0.29) is 0 Å². The van der Waals surface area contributed by atoms with Crippen molar-refractivity contribution in [3.8, 4) is 17.6 Å². The lowest BCUT2D eigenvalue weighted by Crippen LogP contribution is -1.95. The van der Waals surface area contributed by atoms with Crippen molar-refractivity contribution in [3.05, 3.63) is 22.2 Å². The van der Waals surface area contributed by atoms with E-state index in [1.165, 1.54) is 0 Å². The van der Waals surface area contributed by atoms with Gasteiger partial charge in [-0.1, -0.05) is 6.07 Å². The van der Waals surface area contributed by atoms with E-state index in [0.717, 1.165) is 21.5 Å². The molecule has 0 fully saturated rings. The summed E-state index contributed by atoms with van der Waals surface area (Å²) in [7, 11) is 3.21. The van der Waals surface area contributed by atoms with Crippen LogP contribution in [0, 0.1) is 11.3 Å². The minimum Gasteiger partial charge on any atom is -0.495 e. The van der Waals surface area contributed by atoms with Gasteiger partial charge in [0.05, 0.1) is 20.3 Å². The van der Waals surface area contributed by atoms with Crippen molar-refractivity contribution in [1.82, 2.24) is 0 Å². The van der Waals surface area contributed by atoms with E-state index in [2.05, 4.69) is 22.0 Å². The third-order valence-corrected chi connectivity index (χ3v) is 2.82. The van der Waals surface area contributed by atoms with Crippen LogP contribution in [0.1, 0.15) is 12.0 Å². The van der Waals surface area contributed by atoms with Crippen molar-refractivity contribution in [2.24, 2.45) is 0 Å². The number of benzene rings is 1. The number of aryl methyl sites for hydroxylation is 1. The average molecular weight is 270 g/mol. The molecule has 0 radical (unpaired) electrons. The Labute approximate surface area is 97.7 Å². The number of nitrogens with zero attached hydrogens (tertiary/aromatic N) is 1. The molecule has 1 rings (SSSR count). The molecule has 0 amide bonds. The van der Waals surface area contributed by atoms with Gasteiger partial charge in [-0.3, -0.25) is 0 Å². The number of hydrogen-bond donors (Lipinski definition) is 0. The topological polar surface area (TPSA) is 42.2 Å². The first-order valence-electron chi connectivity index (χ1n) is 4.51. The van der Waals surface area contributed by atoms with Crippen LogP contribution in [0.15, 0.2) is 16.6 Å². The van der Waals surface area contributed by atoms with Gasteiger partial charge in [0.1, 0.15) is 16.0 Å². The molecule has 15 heavy (non-hydrogen) atoms. The number of ether oxygens (including phenoxy) is 2. The molecule has 0 saturated carbocycles. The van der Waals surface area contributed by atoms with Crippen molar-refractivity contribution in [2.45, 2.75) is 12.8 Å². The van der Waals surface area contributed by atoms with Crippen molar-refractivity contribution in [2.75, 3.05) is 14.2 Å². The maximum absolute atomic E-state index is 8.53. The van der Waals surface area contributed by atoms with E-state index >= 15 is 0 Å². The van der Waals surface area contributed by atoms with E-state index in [1.54, 1.807) is 14.2 Å². The lowest BCUT2D eigenvalue weighted by Gasteiger charge is -2.12. The first-order chi connectivity index (χ1) is 7.24. The third-order valence-electron chi connectivity index (χ3n) is 2.07. The standard InChI is InChI=1S/C11H12BrNO2/c1-14-9-6-5-8(4-3-7-13)11(15-2)10(9)12/h5-6H,3-4H2,1-2H3. The summed E-state index contributed by atoms with van der Waals surface area (Å²) >= 11 is 3.41. The summed E-state index contributed by atoms with van der Waals surface area (Å²) in [5, 5.41) is 8.53. The molecule has 1 aromatic rings. The number of halogens is 1. The van der Waals surface area contributed by atoms with Crippen LogP contribution in [0.3, 0.4) is 0 Å². The molecule has 80 valence electrons. The number of methoxy groups -OCH3 is 2. The van der Waals surface area contributed by atoms with Crippen LogP contribution < -0.4 is 9.47 Å². The van der Waals surface area contributed by atoms with Crippen LogP contribution in [-0.2, 0) is 6.42 Å². The fourth-order valence-electron chi connectivity index (χ4n) is 1.34. The Hall–Kier alpha value is -1.21. The number of rotatable bonds is 4. The van der Waals surface area contributed by atoms with E-state index in [1.807, 2.05) is 12.1 Å². The zero-order valence-corrected chi connectivity index (χ0v) is 10.3. The Balaban J connectivity index is 3.08. The molecule has 0 aliphatic rings. The van der Waals surface area contributed by atoms with Gasteiger partial charge < -0.3 is 9.47 Å². The zero-order valence-electron chi connectivity index (χ0n) is 8.71. The van der Waals surface area contributed by atoms with Gasteiger partial charge in [0.15, 0.2) is 0 Å². The predicted octanol–water partition coefficient (Wildman–Crippen LogP) is 2.92. The summed E-state index contributed by atoms with van der Waals surface area (Å²) in [4.78, 5) is 0. The summed E-state index contributed by atoms with van der Waals surface area (Å²) in [6.45, 7) is 0. The summed E-state index contributed by atoms with van der Waals surface area (Å²) in [6, 6.07) is 5.89. The van der Waals surface area contributed by atoms with Gasteiger partial charge in [-0.25, -0.2) is 0 Å². The highest BCUT2D eigenvalue weighted by Gasteiger charge is 2.11. The molecule has 3 nitrogen and oxygen atoms in total. The highest BCUT2D eigenvalue weighted by atomic mass is 79.9. The molecule has 0 saturated heterocycles. The van der Waals surface area contributed by atoms with Gasteiger partial charge in [0.2, 0.25) is 0 Å². The minimum absolute atomic E-state index is 0.481. The highest BCUT2D eigenvalue weighted by Crippen LogP contribution is 2.37. The molecular weight excluding hydrogens is 258 g/mol. The molecule has 0 atom stereocenters. The van der Waals surface area contributed by atoms with Crippen molar-refractivity contribution < 1.29 is 9.47 Å². The molecule has 0 unspecified atom stereocenters. The lowest BCUT2D eigenvalue weighted by atomic mass is 10.1. The normalized spacial score (nSPS) is 9.47. The van der Waals surface area contributed by atoms with Crippen molar-refractivity contribution in [3.63, 3.8) is 0 Å². The molecule has 4 heteroatoms. The molecule has 0 heterocycles. The van der Waals surface area contributed by atoms with Gasteiger partial charge in [-0.15, -0.1) is 0 Å². The number of nitriles is 1. The fraction of sp³-hybridized carbons (Fsp3) is 0.364. The van der Waals surface area contributed by atoms with E-state index in [9.17, 15) is 0 Å². The van der Waals surface area contributed by atoms with Gasteiger partial charge in [-0.05, 0) is 34.0 Å². The second kappa shape index (κ2) is 5.62. The highest BCUT2D eigenvalue weighted by molar-refractivity contribution is 9.10. The largest absolute Gasteiger partial charge is 0.495 e. The molecule has 0 aromatic heterocycles. The maximum atomic E-state index is 8.53. The van der Waals surface area contributed by atoms with Crippen LogP contribution in [0.4, 0.5) is 0 Å². The van der Waals surface area contributed by atoms with E-state index in [0.29, 0.717) is 12.8 Å². The zero-order chi connectivity index (χ0) is 11.3. The average Bonchev–Trinajstić information content (AvgIpc) is 2.26. The summed E-state index contributed by atoms with van der Waals surface area (Å²) in [6.07, 6.45) is 1.16. The summed E-state index contributed by atoms with van der Waals surface area (Å²) in [5.41, 5.74) is 1.01. The molecule has 0 aliphatic carbocycles. The Morgan fingerprint density at radius 1 is 1.33 bits per heavy atom. The quantitative estimate of drug-likeness (QED) is 0.844. The Morgan fingerprint density at radius 3 is 2.60 bits per heavy atom. The van der Waals surface area contributed by atoms with Gasteiger partial charge >= 0.3 is 0 Å². The molecule has 0 N–H and O–H groups in total. The minimum atomic E-state index is 0.481. The second-order valence-electron chi connectivity index (χ2n) is 2.93. The van der Waals surface area contributed by atoms with Crippen molar-refractivity contribution >= 4 is 15.9 Å². The van der Waals surface area contributed by atoms with Crippen LogP contribution in [0.2, 0.25) is 0 Å². The first kappa shape index (κ1) is 11.9. The monoisotopic (exact) mass is 269 g/mol. The third kappa shape index (κ3) is 2.63. The number of hydrogen-bond acceptors (Lipinski definition) is 3. The lowest BCUT2D eigenvalue weighted by molar-refractivity contribution is 0.386. The van der Waals surface area contributed by atoms with Crippen LogP contribution in [0.25, 0.3) is 0 Å². The molecule has 0 spiro atoms. The van der Waals surface area contributed by atoms with Crippen LogP contribution >= 0.6 is 15.9 Å². The molecule has 1 aromatic carbocycles. The Morgan fingerprint density at radius 2 is 2.07 bits per heavy atom. The van der Waals surface area contributed by atoms with E-state index < -0.39 is 0 Å². The smallest absolute Gasteiger partial charge is 0.140 e.